The van der Waals surface area contributed by atoms with E-state index in [1.807, 2.05) is 14.0 Å². The molecule has 2 fully saturated rings. The summed E-state index contributed by atoms with van der Waals surface area (Å²) in [5.74, 6) is 2.15. The van der Waals surface area contributed by atoms with Crippen molar-refractivity contribution >= 4 is 28.6 Å². The molecule has 0 saturated heterocycles. The van der Waals surface area contributed by atoms with E-state index in [-0.39, 0.29) is 18.1 Å². The van der Waals surface area contributed by atoms with Crippen molar-refractivity contribution in [2.45, 2.75) is 70.6 Å². The van der Waals surface area contributed by atoms with Crippen LogP contribution in [0.15, 0.2) is 36.5 Å². The van der Waals surface area contributed by atoms with Gasteiger partial charge in [-0.05, 0) is 94.0 Å². The smallest absolute Gasteiger partial charge is 0.258 e. The Kier molecular flexibility index (Phi) is 6.65. The average Bonchev–Trinajstić information content (AvgIpc) is 3.49. The number of hydrogen-bond acceptors (Lipinski definition) is 7. The van der Waals surface area contributed by atoms with Crippen LogP contribution < -0.4 is 15.4 Å². The molecule has 2 aliphatic carbocycles. The SMILES string of the molecule is Cc1cc2cc(n1)-c1cnn(C)c1OCCCC(C1CC1)Cn1c(nc3cc(NC4CCC(O)C4)ccc31)NC2=O. The van der Waals surface area contributed by atoms with Crippen LogP contribution in [0.1, 0.15) is 61.0 Å². The van der Waals surface area contributed by atoms with Gasteiger partial charge in [-0.3, -0.25) is 15.1 Å². The Morgan fingerprint density at radius 1 is 1.07 bits per heavy atom. The monoisotopic (exact) mass is 555 g/mol. The molecule has 3 aromatic heterocycles. The normalized spacial score (nSPS) is 23.2. The third kappa shape index (κ3) is 5.28. The van der Waals surface area contributed by atoms with Crippen LogP contribution in [0.5, 0.6) is 5.88 Å². The minimum atomic E-state index is -0.232. The number of anilines is 2. The Labute approximate surface area is 239 Å². The van der Waals surface area contributed by atoms with E-state index in [9.17, 15) is 9.90 Å². The van der Waals surface area contributed by atoms with Crippen molar-refractivity contribution in [2.75, 3.05) is 17.2 Å². The maximum Gasteiger partial charge on any atom is 0.258 e. The largest absolute Gasteiger partial charge is 0.477 e. The quantitative estimate of drug-likeness (QED) is 0.328. The Morgan fingerprint density at radius 2 is 1.95 bits per heavy atom. The summed E-state index contributed by atoms with van der Waals surface area (Å²) in [6, 6.07) is 10.1. The lowest BCUT2D eigenvalue weighted by Gasteiger charge is -2.20. The lowest BCUT2D eigenvalue weighted by Crippen LogP contribution is -2.20. The first-order chi connectivity index (χ1) is 19.9. The van der Waals surface area contributed by atoms with E-state index in [1.165, 1.54) is 12.8 Å². The number of carbonyl (C=O) groups is 1. The number of fused-ring (bicyclic) bond motifs is 7. The van der Waals surface area contributed by atoms with Crippen LogP contribution in [-0.4, -0.2) is 54.1 Å². The molecule has 7 rings (SSSR count). The molecular formula is C31H37N7O3. The van der Waals surface area contributed by atoms with Gasteiger partial charge in [0.25, 0.3) is 5.91 Å². The maximum absolute atomic E-state index is 13.7. The predicted molar refractivity (Wildman–Crippen MR) is 157 cm³/mol. The van der Waals surface area contributed by atoms with Crippen LogP contribution in [0.4, 0.5) is 11.6 Å². The van der Waals surface area contributed by atoms with Gasteiger partial charge in [0.1, 0.15) is 0 Å². The summed E-state index contributed by atoms with van der Waals surface area (Å²) in [6.45, 7) is 3.27. The molecule has 2 saturated carbocycles. The number of aryl methyl sites for hydroxylation is 2. The third-order valence-corrected chi connectivity index (χ3v) is 8.79. The van der Waals surface area contributed by atoms with Gasteiger partial charge < -0.3 is 19.7 Å². The number of aliphatic hydroxyl groups is 1. The average molecular weight is 556 g/mol. The van der Waals surface area contributed by atoms with Crippen LogP contribution in [0, 0.1) is 18.8 Å². The van der Waals surface area contributed by atoms with Gasteiger partial charge >= 0.3 is 0 Å². The summed E-state index contributed by atoms with van der Waals surface area (Å²) in [5.41, 5.74) is 5.52. The second-order valence-corrected chi connectivity index (χ2v) is 12.0. The summed E-state index contributed by atoms with van der Waals surface area (Å²) in [6.07, 6.45) is 8.49. The number of amides is 1. The molecule has 4 heterocycles. The highest BCUT2D eigenvalue weighted by molar-refractivity contribution is 6.05. The van der Waals surface area contributed by atoms with Gasteiger partial charge in [0, 0.05) is 36.6 Å². The molecule has 41 heavy (non-hydrogen) atoms. The Balaban J connectivity index is 1.27. The van der Waals surface area contributed by atoms with Gasteiger partial charge in [0.2, 0.25) is 11.8 Å². The maximum atomic E-state index is 13.7. The number of nitrogens with zero attached hydrogens (tertiary/aromatic N) is 5. The van der Waals surface area contributed by atoms with Crippen LogP contribution in [-0.2, 0) is 13.6 Å². The highest BCUT2D eigenvalue weighted by atomic mass is 16.5. The molecule has 1 aromatic carbocycles. The summed E-state index contributed by atoms with van der Waals surface area (Å²) in [7, 11) is 1.87. The van der Waals surface area contributed by atoms with Crippen LogP contribution in [0.25, 0.3) is 22.3 Å². The van der Waals surface area contributed by atoms with E-state index in [0.29, 0.717) is 41.5 Å². The number of nitrogens with one attached hydrogen (secondary N) is 2. The molecule has 214 valence electrons. The first-order valence-corrected chi connectivity index (χ1v) is 14.8. The molecule has 3 N–H and O–H groups in total. The number of benzene rings is 1. The predicted octanol–water partition coefficient (Wildman–Crippen LogP) is 4.92. The second kappa shape index (κ2) is 10.5. The zero-order valence-electron chi connectivity index (χ0n) is 23.6. The third-order valence-electron chi connectivity index (χ3n) is 8.79. The molecule has 4 aromatic rings. The number of rotatable bonds is 3. The summed E-state index contributed by atoms with van der Waals surface area (Å²) >= 11 is 0. The van der Waals surface area contributed by atoms with Gasteiger partial charge in [0.15, 0.2) is 0 Å². The fourth-order valence-electron chi connectivity index (χ4n) is 6.50. The second-order valence-electron chi connectivity index (χ2n) is 12.0. The summed E-state index contributed by atoms with van der Waals surface area (Å²) < 4.78 is 10.2. The summed E-state index contributed by atoms with van der Waals surface area (Å²) in [4.78, 5) is 23.3. The standard InChI is InChI=1S/C31H37N7O3/c1-18-12-21-13-26(33-18)25-16-32-37(2)30(25)41-11-3-4-20(19-5-6-19)17-38-28-10-8-23(34-22-7-9-24(39)14-22)15-27(28)35-31(38)36-29(21)40/h8,10,12-13,15-16,19-20,22,24,34,39H,3-7,9,11,14,17H2,1-2H3,(H,35,36,40). The van der Waals surface area contributed by atoms with Gasteiger partial charge in [-0.25, -0.2) is 9.67 Å². The highest BCUT2D eigenvalue weighted by Crippen LogP contribution is 2.41. The van der Waals surface area contributed by atoms with Crippen molar-refractivity contribution in [3.63, 3.8) is 0 Å². The summed E-state index contributed by atoms with van der Waals surface area (Å²) in [5, 5.41) is 21.1. The molecule has 0 radical (unpaired) electrons. The van der Waals surface area contributed by atoms with Crippen molar-refractivity contribution in [1.29, 1.82) is 0 Å². The number of carbonyl (C=O) groups excluding carboxylic acids is 1. The Bertz CT molecular complexity index is 1600. The molecule has 0 spiro atoms. The Hall–Kier alpha value is -3.92. The number of pyridine rings is 1. The molecule has 3 unspecified atom stereocenters. The molecular weight excluding hydrogens is 518 g/mol. The fourth-order valence-corrected chi connectivity index (χ4v) is 6.50. The number of aliphatic hydroxyl groups excluding tert-OH is 1. The zero-order valence-corrected chi connectivity index (χ0v) is 23.6. The topological polar surface area (TPSA) is 119 Å². The molecule has 10 nitrogen and oxygen atoms in total. The molecule has 3 aliphatic rings. The fraction of sp³-hybridized carbons (Fsp3) is 0.484. The van der Waals surface area contributed by atoms with E-state index in [0.717, 1.165) is 66.6 Å². The zero-order chi connectivity index (χ0) is 28.1. The van der Waals surface area contributed by atoms with E-state index in [1.54, 1.807) is 23.0 Å². The van der Waals surface area contributed by atoms with E-state index < -0.39 is 0 Å². The van der Waals surface area contributed by atoms with Gasteiger partial charge in [-0.2, -0.15) is 5.10 Å². The molecule has 2 bridgehead atoms. The van der Waals surface area contributed by atoms with Gasteiger partial charge in [-0.1, -0.05) is 0 Å². The van der Waals surface area contributed by atoms with Crippen LogP contribution in [0.3, 0.4) is 0 Å². The lowest BCUT2D eigenvalue weighted by atomic mass is 9.97. The lowest BCUT2D eigenvalue weighted by molar-refractivity contribution is 0.102. The van der Waals surface area contributed by atoms with Crippen molar-refractivity contribution in [2.24, 2.45) is 18.9 Å². The van der Waals surface area contributed by atoms with Crippen molar-refractivity contribution in [1.82, 2.24) is 24.3 Å². The number of hydrogen-bond donors (Lipinski definition) is 3. The first-order valence-electron chi connectivity index (χ1n) is 14.8. The van der Waals surface area contributed by atoms with E-state index in [4.69, 9.17) is 14.7 Å². The Morgan fingerprint density at radius 3 is 2.76 bits per heavy atom. The first kappa shape index (κ1) is 26.0. The van der Waals surface area contributed by atoms with Crippen LogP contribution >= 0.6 is 0 Å². The van der Waals surface area contributed by atoms with Crippen LogP contribution in [0.2, 0.25) is 0 Å². The van der Waals surface area contributed by atoms with Gasteiger partial charge in [0.05, 0.1) is 41.2 Å². The minimum Gasteiger partial charge on any atom is -0.477 e. The molecule has 10 heteroatoms. The van der Waals surface area contributed by atoms with Crippen molar-refractivity contribution in [3.05, 3.63) is 47.8 Å². The van der Waals surface area contributed by atoms with Gasteiger partial charge in [-0.15, -0.1) is 0 Å². The molecule has 1 aliphatic heterocycles. The van der Waals surface area contributed by atoms with E-state index in [2.05, 4.69) is 38.5 Å². The minimum absolute atomic E-state index is 0.226. The number of ether oxygens (including phenoxy) is 1. The van der Waals surface area contributed by atoms with Crippen molar-refractivity contribution < 1.29 is 14.6 Å². The number of aromatic nitrogens is 5. The molecule has 3 atom stereocenters. The molecule has 1 amide bonds. The highest BCUT2D eigenvalue weighted by Gasteiger charge is 2.32. The van der Waals surface area contributed by atoms with Crippen molar-refractivity contribution in [3.8, 4) is 17.1 Å². The number of imidazole rings is 1. The van der Waals surface area contributed by atoms with E-state index >= 15 is 0 Å².